The van der Waals surface area contributed by atoms with E-state index in [0.717, 1.165) is 58.4 Å². The molecule has 0 aromatic carbocycles. The van der Waals surface area contributed by atoms with Gasteiger partial charge in [-0.1, -0.05) is 0 Å². The summed E-state index contributed by atoms with van der Waals surface area (Å²) in [5.74, 6) is 0.713. The highest BCUT2D eigenvalue weighted by molar-refractivity contribution is 5.81. The van der Waals surface area contributed by atoms with Gasteiger partial charge in [0.05, 0.1) is 6.10 Å². The minimum Gasteiger partial charge on any atom is -0.381 e. The van der Waals surface area contributed by atoms with E-state index in [4.69, 9.17) is 9.47 Å². The molecule has 3 heterocycles. The van der Waals surface area contributed by atoms with Crippen molar-refractivity contribution in [2.75, 3.05) is 26.3 Å². The lowest BCUT2D eigenvalue weighted by Crippen LogP contribution is -2.49. The standard InChI is InChI=1S/C17H28N2O3/c20-17(18-13-2-1-3-13)15-10-12-4-7-19(11-16(12)22-15)14-5-8-21-9-6-14/h12-16H,1-11H2,(H,18,20)/t12-,15+,16-/m1/s1. The summed E-state index contributed by atoms with van der Waals surface area (Å²) in [4.78, 5) is 14.9. The Hall–Kier alpha value is -0.650. The normalized spacial score (nSPS) is 37.5. The van der Waals surface area contributed by atoms with Crippen molar-refractivity contribution >= 4 is 5.91 Å². The summed E-state index contributed by atoms with van der Waals surface area (Å²) >= 11 is 0. The van der Waals surface area contributed by atoms with Crippen molar-refractivity contribution in [2.45, 2.75) is 69.2 Å². The van der Waals surface area contributed by atoms with Gasteiger partial charge in [0.1, 0.15) is 6.10 Å². The number of amides is 1. The molecule has 0 spiro atoms. The summed E-state index contributed by atoms with van der Waals surface area (Å²) in [5.41, 5.74) is 0. The molecule has 0 aromatic rings. The van der Waals surface area contributed by atoms with E-state index in [0.29, 0.717) is 18.0 Å². The van der Waals surface area contributed by atoms with Gasteiger partial charge < -0.3 is 14.8 Å². The first kappa shape index (κ1) is 14.9. The van der Waals surface area contributed by atoms with Crippen LogP contribution in [-0.2, 0) is 14.3 Å². The van der Waals surface area contributed by atoms with Crippen LogP contribution in [0.2, 0.25) is 0 Å². The highest BCUT2D eigenvalue weighted by atomic mass is 16.5. The molecule has 3 aliphatic heterocycles. The van der Waals surface area contributed by atoms with Crippen LogP contribution in [0.1, 0.15) is 44.9 Å². The Morgan fingerprint density at radius 3 is 2.64 bits per heavy atom. The summed E-state index contributed by atoms with van der Waals surface area (Å²) in [7, 11) is 0. The van der Waals surface area contributed by atoms with Crippen LogP contribution in [0, 0.1) is 5.92 Å². The Morgan fingerprint density at radius 1 is 1.09 bits per heavy atom. The van der Waals surface area contributed by atoms with Crippen LogP contribution in [0.25, 0.3) is 0 Å². The maximum Gasteiger partial charge on any atom is 0.249 e. The monoisotopic (exact) mass is 308 g/mol. The number of nitrogens with one attached hydrogen (secondary N) is 1. The first-order valence-corrected chi connectivity index (χ1v) is 9.07. The van der Waals surface area contributed by atoms with Crippen LogP contribution >= 0.6 is 0 Å². The van der Waals surface area contributed by atoms with Gasteiger partial charge in [-0.05, 0) is 57.4 Å². The molecule has 4 fully saturated rings. The maximum atomic E-state index is 12.3. The molecule has 0 unspecified atom stereocenters. The maximum absolute atomic E-state index is 12.3. The zero-order valence-corrected chi connectivity index (χ0v) is 13.3. The number of carbonyl (C=O) groups excluding carboxylic acids is 1. The van der Waals surface area contributed by atoms with Gasteiger partial charge in [-0.3, -0.25) is 9.69 Å². The summed E-state index contributed by atoms with van der Waals surface area (Å²) < 4.78 is 11.6. The van der Waals surface area contributed by atoms with E-state index >= 15 is 0 Å². The van der Waals surface area contributed by atoms with E-state index in [1.54, 1.807) is 0 Å². The number of carbonyl (C=O) groups is 1. The van der Waals surface area contributed by atoms with Crippen molar-refractivity contribution in [3.8, 4) is 0 Å². The number of likely N-dealkylation sites (tertiary alicyclic amines) is 1. The molecule has 1 aliphatic carbocycles. The number of fused-ring (bicyclic) bond motifs is 1. The molecular formula is C17H28N2O3. The van der Waals surface area contributed by atoms with Crippen LogP contribution in [-0.4, -0.2) is 61.4 Å². The Morgan fingerprint density at radius 2 is 1.91 bits per heavy atom. The van der Waals surface area contributed by atoms with Crippen molar-refractivity contribution in [2.24, 2.45) is 5.92 Å². The van der Waals surface area contributed by atoms with E-state index in [9.17, 15) is 4.79 Å². The molecule has 1 saturated carbocycles. The molecule has 0 radical (unpaired) electrons. The largest absolute Gasteiger partial charge is 0.381 e. The quantitative estimate of drug-likeness (QED) is 0.854. The Bertz CT molecular complexity index is 407. The van der Waals surface area contributed by atoms with Gasteiger partial charge in [-0.25, -0.2) is 0 Å². The van der Waals surface area contributed by atoms with Crippen LogP contribution < -0.4 is 5.32 Å². The number of ether oxygens (including phenoxy) is 2. The predicted molar refractivity (Wildman–Crippen MR) is 82.6 cm³/mol. The number of hydrogen-bond donors (Lipinski definition) is 1. The molecule has 124 valence electrons. The van der Waals surface area contributed by atoms with Crippen molar-refractivity contribution < 1.29 is 14.3 Å². The van der Waals surface area contributed by atoms with Crippen LogP contribution in [0.5, 0.6) is 0 Å². The second-order valence-electron chi connectivity index (χ2n) is 7.42. The Labute approximate surface area is 132 Å². The predicted octanol–water partition coefficient (Wildman–Crippen LogP) is 1.31. The van der Waals surface area contributed by atoms with E-state index in [1.807, 2.05) is 0 Å². The lowest BCUT2D eigenvalue weighted by atomic mass is 9.89. The summed E-state index contributed by atoms with van der Waals surface area (Å²) in [6, 6.07) is 1.07. The van der Waals surface area contributed by atoms with Crippen LogP contribution in [0.4, 0.5) is 0 Å². The van der Waals surface area contributed by atoms with Gasteiger partial charge in [0.25, 0.3) is 0 Å². The van der Waals surface area contributed by atoms with Crippen molar-refractivity contribution in [1.82, 2.24) is 10.2 Å². The fraction of sp³-hybridized carbons (Fsp3) is 0.941. The lowest BCUT2D eigenvalue weighted by molar-refractivity contribution is -0.134. The van der Waals surface area contributed by atoms with Gasteiger partial charge in [0.2, 0.25) is 5.91 Å². The minimum atomic E-state index is -0.203. The van der Waals surface area contributed by atoms with Crippen molar-refractivity contribution in [3.63, 3.8) is 0 Å². The third kappa shape index (κ3) is 3.03. The van der Waals surface area contributed by atoms with Gasteiger partial charge in [0.15, 0.2) is 0 Å². The number of piperidine rings is 1. The highest BCUT2D eigenvalue weighted by Crippen LogP contribution is 2.35. The van der Waals surface area contributed by atoms with Crippen molar-refractivity contribution in [1.29, 1.82) is 0 Å². The third-order valence-corrected chi connectivity index (χ3v) is 6.03. The third-order valence-electron chi connectivity index (χ3n) is 6.03. The van der Waals surface area contributed by atoms with Crippen LogP contribution in [0.3, 0.4) is 0 Å². The first-order chi connectivity index (χ1) is 10.8. The summed E-state index contributed by atoms with van der Waals surface area (Å²) in [6.45, 7) is 3.94. The van der Waals surface area contributed by atoms with Gasteiger partial charge in [-0.2, -0.15) is 0 Å². The molecule has 0 bridgehead atoms. The molecule has 5 nitrogen and oxygen atoms in total. The average Bonchev–Trinajstić information content (AvgIpc) is 2.94. The smallest absolute Gasteiger partial charge is 0.249 e. The molecule has 5 heteroatoms. The lowest BCUT2D eigenvalue weighted by Gasteiger charge is -2.40. The zero-order chi connectivity index (χ0) is 14.9. The molecule has 4 aliphatic rings. The molecule has 22 heavy (non-hydrogen) atoms. The minimum absolute atomic E-state index is 0.136. The zero-order valence-electron chi connectivity index (χ0n) is 13.3. The second-order valence-corrected chi connectivity index (χ2v) is 7.42. The fourth-order valence-electron chi connectivity index (χ4n) is 4.35. The molecular weight excluding hydrogens is 280 g/mol. The van der Waals surface area contributed by atoms with E-state index in [1.165, 1.54) is 12.8 Å². The van der Waals surface area contributed by atoms with Gasteiger partial charge >= 0.3 is 0 Å². The van der Waals surface area contributed by atoms with E-state index in [-0.39, 0.29) is 18.1 Å². The molecule has 3 atom stereocenters. The first-order valence-electron chi connectivity index (χ1n) is 9.07. The topological polar surface area (TPSA) is 50.8 Å². The second kappa shape index (κ2) is 6.46. The van der Waals surface area contributed by atoms with Crippen molar-refractivity contribution in [3.05, 3.63) is 0 Å². The van der Waals surface area contributed by atoms with E-state index in [2.05, 4.69) is 10.2 Å². The molecule has 3 saturated heterocycles. The molecule has 0 aromatic heterocycles. The molecule has 4 rings (SSSR count). The molecule has 1 N–H and O–H groups in total. The average molecular weight is 308 g/mol. The summed E-state index contributed by atoms with van der Waals surface area (Å²) in [5, 5.41) is 3.15. The highest BCUT2D eigenvalue weighted by Gasteiger charge is 2.43. The molecule has 1 amide bonds. The number of nitrogens with zero attached hydrogens (tertiary/aromatic N) is 1. The van der Waals surface area contributed by atoms with Crippen LogP contribution in [0.15, 0.2) is 0 Å². The SMILES string of the molecule is O=C(NC1CCC1)[C@@H]1C[C@H]2CCN(C3CCOCC3)C[C@H]2O1. The Balaban J connectivity index is 1.30. The fourth-order valence-corrected chi connectivity index (χ4v) is 4.35. The number of hydrogen-bond acceptors (Lipinski definition) is 4. The number of rotatable bonds is 3. The summed E-state index contributed by atoms with van der Waals surface area (Å²) in [6.07, 6.45) is 7.97. The van der Waals surface area contributed by atoms with Gasteiger partial charge in [-0.15, -0.1) is 0 Å². The van der Waals surface area contributed by atoms with Gasteiger partial charge in [0, 0.05) is 31.8 Å². The van der Waals surface area contributed by atoms with E-state index < -0.39 is 0 Å². The Kier molecular flexibility index (Phi) is 4.38.